The van der Waals surface area contributed by atoms with Gasteiger partial charge in [0, 0.05) is 22.9 Å². The molecule has 3 aromatic rings. The molecule has 0 spiro atoms. The topological polar surface area (TPSA) is 63.8 Å². The second-order valence-corrected chi connectivity index (χ2v) is 6.98. The monoisotopic (exact) mass is 402 g/mol. The molecule has 2 aromatic carbocycles. The number of nitrogens with two attached hydrogens (primary N) is 1. The van der Waals surface area contributed by atoms with Crippen LogP contribution in [0.25, 0.3) is 22.0 Å². The normalized spacial score (nSPS) is 15.2. The summed E-state index contributed by atoms with van der Waals surface area (Å²) in [7, 11) is 0. The summed E-state index contributed by atoms with van der Waals surface area (Å²) in [4.78, 5) is 0. The van der Waals surface area contributed by atoms with E-state index in [9.17, 15) is 13.2 Å². The van der Waals surface area contributed by atoms with Gasteiger partial charge in [-0.1, -0.05) is 50.2 Å². The van der Waals surface area contributed by atoms with Crippen molar-refractivity contribution >= 4 is 16.6 Å². The van der Waals surface area contributed by atoms with Crippen LogP contribution >= 0.6 is 0 Å². The van der Waals surface area contributed by atoms with E-state index in [4.69, 9.17) is 5.73 Å². The van der Waals surface area contributed by atoms with E-state index in [-0.39, 0.29) is 5.54 Å². The lowest BCUT2D eigenvalue weighted by molar-refractivity contribution is -0.137. The Morgan fingerprint density at radius 2 is 1.59 bits per heavy atom. The van der Waals surface area contributed by atoms with Crippen molar-refractivity contribution in [2.75, 3.05) is 11.9 Å². The molecule has 0 aliphatic heterocycles. The molecule has 4 nitrogen and oxygen atoms in total. The zero-order chi connectivity index (χ0) is 21.1. The number of aromatic nitrogens is 2. The van der Waals surface area contributed by atoms with Crippen molar-refractivity contribution in [3.63, 3.8) is 0 Å². The zero-order valence-electron chi connectivity index (χ0n) is 16.6. The van der Waals surface area contributed by atoms with Crippen LogP contribution in [-0.4, -0.2) is 22.3 Å². The molecule has 1 fully saturated rings. The van der Waals surface area contributed by atoms with Crippen LogP contribution in [-0.2, 0) is 6.18 Å². The number of nitrogens with one attached hydrogen (secondary N) is 1. The molecule has 0 radical (unpaired) electrons. The van der Waals surface area contributed by atoms with Crippen molar-refractivity contribution in [3.8, 4) is 11.3 Å². The van der Waals surface area contributed by atoms with Crippen molar-refractivity contribution in [1.29, 1.82) is 0 Å². The Morgan fingerprint density at radius 3 is 2.10 bits per heavy atom. The Balaban J connectivity index is 0.00000117. The Bertz CT molecular complexity index is 958. The van der Waals surface area contributed by atoms with Gasteiger partial charge in [0.15, 0.2) is 5.82 Å². The van der Waals surface area contributed by atoms with Gasteiger partial charge in [0.1, 0.15) is 5.69 Å². The molecule has 3 N–H and O–H groups in total. The summed E-state index contributed by atoms with van der Waals surface area (Å²) >= 11 is 0. The fraction of sp³-hybridized carbons (Fsp3) is 0.364. The molecule has 1 aliphatic rings. The van der Waals surface area contributed by atoms with Crippen molar-refractivity contribution < 1.29 is 13.2 Å². The van der Waals surface area contributed by atoms with Crippen LogP contribution in [0.2, 0.25) is 0 Å². The molecule has 1 saturated carbocycles. The van der Waals surface area contributed by atoms with E-state index in [0.717, 1.165) is 42.2 Å². The summed E-state index contributed by atoms with van der Waals surface area (Å²) in [5.74, 6) is 0.659. The average Bonchev–Trinajstić information content (AvgIpc) is 2.71. The number of anilines is 1. The smallest absolute Gasteiger partial charge is 0.361 e. The Kier molecular flexibility index (Phi) is 6.07. The first-order chi connectivity index (χ1) is 13.9. The SMILES string of the molecule is CC.NCC1(Nc2nnc(-c3ccc(C(F)(F)F)cc3)c3ccccc23)CCC1. The van der Waals surface area contributed by atoms with Crippen molar-refractivity contribution in [1.82, 2.24) is 10.2 Å². The lowest BCUT2D eigenvalue weighted by atomic mass is 9.77. The highest BCUT2D eigenvalue weighted by Crippen LogP contribution is 2.37. The van der Waals surface area contributed by atoms with Gasteiger partial charge in [-0.2, -0.15) is 13.2 Å². The summed E-state index contributed by atoms with van der Waals surface area (Å²) in [5.41, 5.74) is 6.25. The molecule has 4 rings (SSSR count). The zero-order valence-corrected chi connectivity index (χ0v) is 16.6. The van der Waals surface area contributed by atoms with Gasteiger partial charge in [-0.25, -0.2) is 0 Å². The van der Waals surface area contributed by atoms with E-state index in [1.165, 1.54) is 12.1 Å². The van der Waals surface area contributed by atoms with E-state index in [0.29, 0.717) is 23.6 Å². The van der Waals surface area contributed by atoms with Crippen molar-refractivity contribution in [3.05, 3.63) is 54.1 Å². The van der Waals surface area contributed by atoms with Gasteiger partial charge < -0.3 is 11.1 Å². The quantitative estimate of drug-likeness (QED) is 0.593. The number of alkyl halides is 3. The van der Waals surface area contributed by atoms with Crippen molar-refractivity contribution in [2.24, 2.45) is 5.73 Å². The van der Waals surface area contributed by atoms with Gasteiger partial charge in [-0.3, -0.25) is 0 Å². The van der Waals surface area contributed by atoms with E-state index < -0.39 is 11.7 Å². The first-order valence-corrected chi connectivity index (χ1v) is 9.83. The van der Waals surface area contributed by atoms with E-state index in [1.807, 2.05) is 38.1 Å². The third-order valence-corrected chi connectivity index (χ3v) is 5.26. The largest absolute Gasteiger partial charge is 0.416 e. The second-order valence-electron chi connectivity index (χ2n) is 6.98. The van der Waals surface area contributed by atoms with Gasteiger partial charge >= 0.3 is 6.18 Å². The van der Waals surface area contributed by atoms with Crippen LogP contribution in [0.5, 0.6) is 0 Å². The van der Waals surface area contributed by atoms with Crippen LogP contribution in [0.1, 0.15) is 38.7 Å². The Labute approximate surface area is 168 Å². The van der Waals surface area contributed by atoms with E-state index in [2.05, 4.69) is 15.5 Å². The number of halogens is 3. The van der Waals surface area contributed by atoms with Gasteiger partial charge in [0.2, 0.25) is 0 Å². The molecule has 1 aliphatic carbocycles. The van der Waals surface area contributed by atoms with Crippen LogP contribution in [0.4, 0.5) is 19.0 Å². The summed E-state index contributed by atoms with van der Waals surface area (Å²) in [6.45, 7) is 4.52. The van der Waals surface area contributed by atoms with Gasteiger partial charge in [0.25, 0.3) is 0 Å². The minimum Gasteiger partial charge on any atom is -0.361 e. The first-order valence-electron chi connectivity index (χ1n) is 9.83. The van der Waals surface area contributed by atoms with Gasteiger partial charge in [-0.15, -0.1) is 10.2 Å². The van der Waals surface area contributed by atoms with E-state index in [1.54, 1.807) is 0 Å². The molecule has 1 heterocycles. The van der Waals surface area contributed by atoms with Gasteiger partial charge in [-0.05, 0) is 31.4 Å². The number of hydrogen-bond donors (Lipinski definition) is 2. The minimum atomic E-state index is -4.36. The van der Waals surface area contributed by atoms with Crippen LogP contribution < -0.4 is 11.1 Å². The summed E-state index contributed by atoms with van der Waals surface area (Å²) < 4.78 is 38.4. The lowest BCUT2D eigenvalue weighted by Crippen LogP contribution is -2.51. The molecule has 0 amide bonds. The highest BCUT2D eigenvalue weighted by molar-refractivity contribution is 6.00. The highest BCUT2D eigenvalue weighted by atomic mass is 19.4. The average molecular weight is 402 g/mol. The molecule has 0 saturated heterocycles. The number of nitrogens with zero attached hydrogens (tertiary/aromatic N) is 2. The molecule has 0 atom stereocenters. The number of benzene rings is 2. The fourth-order valence-electron chi connectivity index (χ4n) is 3.46. The highest BCUT2D eigenvalue weighted by Gasteiger charge is 2.36. The van der Waals surface area contributed by atoms with E-state index >= 15 is 0 Å². The van der Waals surface area contributed by atoms with Crippen LogP contribution in [0, 0.1) is 0 Å². The summed E-state index contributed by atoms with van der Waals surface area (Å²) in [6.07, 6.45) is -1.26. The molecule has 7 heteroatoms. The maximum Gasteiger partial charge on any atom is 0.416 e. The van der Waals surface area contributed by atoms with Crippen LogP contribution in [0.15, 0.2) is 48.5 Å². The third kappa shape index (κ3) is 4.19. The summed E-state index contributed by atoms with van der Waals surface area (Å²) in [5, 5.41) is 13.8. The van der Waals surface area contributed by atoms with Crippen molar-refractivity contribution in [2.45, 2.75) is 44.8 Å². The molecule has 154 valence electrons. The predicted molar refractivity (Wildman–Crippen MR) is 111 cm³/mol. The maximum atomic E-state index is 12.8. The molecule has 29 heavy (non-hydrogen) atoms. The molecule has 0 unspecified atom stereocenters. The Morgan fingerprint density at radius 1 is 0.966 bits per heavy atom. The molecule has 1 aromatic heterocycles. The fourth-order valence-corrected chi connectivity index (χ4v) is 3.46. The number of hydrogen-bond acceptors (Lipinski definition) is 4. The molecule has 0 bridgehead atoms. The Hall–Kier alpha value is -2.67. The molecular formula is C22H25F3N4. The van der Waals surface area contributed by atoms with Crippen LogP contribution in [0.3, 0.4) is 0 Å². The third-order valence-electron chi connectivity index (χ3n) is 5.26. The summed E-state index contributed by atoms with van der Waals surface area (Å²) in [6, 6.07) is 12.6. The second kappa shape index (κ2) is 8.37. The lowest BCUT2D eigenvalue weighted by Gasteiger charge is -2.42. The first kappa shape index (κ1) is 21.0. The minimum absolute atomic E-state index is 0.146. The van der Waals surface area contributed by atoms with Gasteiger partial charge in [0.05, 0.1) is 11.1 Å². The standard InChI is InChI=1S/C20H19F3N4.C2H6/c21-20(22,23)14-8-6-13(7-9-14)17-15-4-1-2-5-16(15)18(27-26-17)25-19(12-24)10-3-11-19;1-2/h1-2,4-9H,3,10-12,24H2,(H,25,27);1-2H3. The number of fused-ring (bicyclic) bond motifs is 1. The predicted octanol–water partition coefficient (Wildman–Crippen LogP) is 5.64. The number of rotatable bonds is 4. The maximum absolute atomic E-state index is 12.8. The molecular weight excluding hydrogens is 377 g/mol.